The van der Waals surface area contributed by atoms with Crippen molar-refractivity contribution in [2.45, 2.75) is 20.3 Å². The molecule has 4 rings (SSSR count). The average Bonchev–Trinajstić information content (AvgIpc) is 3.41. The van der Waals surface area contributed by atoms with E-state index in [4.69, 9.17) is 14.0 Å². The van der Waals surface area contributed by atoms with Gasteiger partial charge in [0.2, 0.25) is 0 Å². The summed E-state index contributed by atoms with van der Waals surface area (Å²) in [7, 11) is 5.02. The quantitative estimate of drug-likeness (QED) is 0.398. The first-order chi connectivity index (χ1) is 15.4. The fourth-order valence-corrected chi connectivity index (χ4v) is 4.43. The SMILES string of the molecule is COc1ccc(CCN(C)C(=O)c2cc(-c3ccc(C)s3)nc3onc(C)c23)cc1OC. The number of amides is 1. The summed E-state index contributed by atoms with van der Waals surface area (Å²) >= 11 is 1.63. The van der Waals surface area contributed by atoms with Crippen LogP contribution in [0.1, 0.15) is 26.5 Å². The Bertz CT molecular complexity index is 1280. The van der Waals surface area contributed by atoms with Gasteiger partial charge in [0.1, 0.15) is 0 Å². The number of likely N-dealkylation sites (N-methyl/N-ethyl adjacent to an activating group) is 1. The molecule has 0 bridgehead atoms. The summed E-state index contributed by atoms with van der Waals surface area (Å²) in [5.41, 5.74) is 3.34. The number of aryl methyl sites for hydroxylation is 2. The maximum Gasteiger partial charge on any atom is 0.259 e. The zero-order valence-electron chi connectivity index (χ0n) is 18.8. The van der Waals surface area contributed by atoms with Crippen molar-refractivity contribution in [3.05, 3.63) is 58.1 Å². The maximum atomic E-state index is 13.4. The highest BCUT2D eigenvalue weighted by molar-refractivity contribution is 7.15. The molecule has 0 saturated heterocycles. The number of benzene rings is 1. The number of carbonyl (C=O) groups is 1. The Labute approximate surface area is 190 Å². The van der Waals surface area contributed by atoms with Crippen molar-refractivity contribution in [2.75, 3.05) is 27.8 Å². The van der Waals surface area contributed by atoms with Gasteiger partial charge in [-0.2, -0.15) is 0 Å². The van der Waals surface area contributed by atoms with Crippen molar-refractivity contribution in [3.63, 3.8) is 0 Å². The smallest absolute Gasteiger partial charge is 0.259 e. The molecule has 0 aliphatic rings. The number of ether oxygens (including phenoxy) is 2. The van der Waals surface area contributed by atoms with Crippen LogP contribution in [-0.4, -0.2) is 48.8 Å². The predicted octanol–water partition coefficient (Wildman–Crippen LogP) is 4.90. The molecule has 3 aromatic heterocycles. The minimum atomic E-state index is -0.0984. The Kier molecular flexibility index (Phi) is 6.14. The van der Waals surface area contributed by atoms with Crippen molar-refractivity contribution < 1.29 is 18.8 Å². The van der Waals surface area contributed by atoms with E-state index in [1.807, 2.05) is 50.2 Å². The first-order valence-electron chi connectivity index (χ1n) is 10.2. The first-order valence-corrected chi connectivity index (χ1v) is 11.0. The number of carbonyl (C=O) groups excluding carboxylic acids is 1. The molecule has 0 aliphatic heterocycles. The number of hydrogen-bond donors (Lipinski definition) is 0. The van der Waals surface area contributed by atoms with E-state index in [2.05, 4.69) is 10.1 Å². The first kappa shape index (κ1) is 21.8. The van der Waals surface area contributed by atoms with E-state index in [0.717, 1.165) is 10.4 Å². The number of hydrogen-bond acceptors (Lipinski definition) is 7. The standard InChI is InChI=1S/C24H25N3O4S/c1-14-6-9-21(32-14)18-13-17(22-15(2)26-31-23(22)25-18)24(28)27(3)11-10-16-7-8-19(29-4)20(12-16)30-5/h6-9,12-13H,10-11H2,1-5H3. The zero-order chi connectivity index (χ0) is 22.8. The Morgan fingerprint density at radius 1 is 1.09 bits per heavy atom. The molecule has 3 heterocycles. The van der Waals surface area contributed by atoms with Crippen molar-refractivity contribution >= 4 is 28.3 Å². The fourth-order valence-electron chi connectivity index (χ4n) is 3.60. The van der Waals surface area contributed by atoms with Gasteiger partial charge in [0.25, 0.3) is 11.6 Å². The van der Waals surface area contributed by atoms with Gasteiger partial charge in [0.05, 0.1) is 41.4 Å². The van der Waals surface area contributed by atoms with Crippen LogP contribution in [0.3, 0.4) is 0 Å². The molecule has 0 aliphatic carbocycles. The topological polar surface area (TPSA) is 77.7 Å². The molecule has 0 N–H and O–H groups in total. The third-order valence-corrected chi connectivity index (χ3v) is 6.39. The number of pyridine rings is 1. The second kappa shape index (κ2) is 9.00. The van der Waals surface area contributed by atoms with E-state index >= 15 is 0 Å². The monoisotopic (exact) mass is 451 g/mol. The minimum absolute atomic E-state index is 0.0984. The fraction of sp³-hybridized carbons (Fsp3) is 0.292. The zero-order valence-corrected chi connectivity index (χ0v) is 19.6. The summed E-state index contributed by atoms with van der Waals surface area (Å²) in [6.07, 6.45) is 0.677. The van der Waals surface area contributed by atoms with E-state index < -0.39 is 0 Å². The molecule has 0 saturated carbocycles. The van der Waals surface area contributed by atoms with Gasteiger partial charge in [-0.15, -0.1) is 11.3 Å². The largest absolute Gasteiger partial charge is 0.493 e. The summed E-state index contributed by atoms with van der Waals surface area (Å²) in [5.74, 6) is 1.25. The highest BCUT2D eigenvalue weighted by atomic mass is 32.1. The molecule has 32 heavy (non-hydrogen) atoms. The van der Waals surface area contributed by atoms with Crippen molar-refractivity contribution in [1.29, 1.82) is 0 Å². The molecule has 0 atom stereocenters. The van der Waals surface area contributed by atoms with Gasteiger partial charge < -0.3 is 18.9 Å². The van der Waals surface area contributed by atoms with Gasteiger partial charge in [-0.1, -0.05) is 11.2 Å². The van der Waals surface area contributed by atoms with Crippen LogP contribution < -0.4 is 9.47 Å². The molecular weight excluding hydrogens is 426 g/mol. The third-order valence-electron chi connectivity index (χ3n) is 5.37. The molecule has 166 valence electrons. The average molecular weight is 452 g/mol. The van der Waals surface area contributed by atoms with E-state index in [0.29, 0.717) is 52.5 Å². The molecular formula is C24H25N3O4S. The summed E-state index contributed by atoms with van der Waals surface area (Å²) < 4.78 is 16.1. The van der Waals surface area contributed by atoms with Gasteiger partial charge in [0, 0.05) is 18.5 Å². The normalized spacial score (nSPS) is 11.0. The molecule has 8 heteroatoms. The Hall–Kier alpha value is -3.39. The number of rotatable bonds is 7. The Balaban J connectivity index is 1.60. The van der Waals surface area contributed by atoms with E-state index in [1.165, 1.54) is 4.88 Å². The van der Waals surface area contributed by atoms with Crippen molar-refractivity contribution in [2.24, 2.45) is 0 Å². The van der Waals surface area contributed by atoms with Crippen LogP contribution >= 0.6 is 11.3 Å². The molecule has 0 radical (unpaired) electrons. The summed E-state index contributed by atoms with van der Waals surface area (Å²) in [5, 5.41) is 4.69. The molecule has 0 spiro atoms. The van der Waals surface area contributed by atoms with Crippen LogP contribution in [-0.2, 0) is 6.42 Å². The number of fused-ring (bicyclic) bond motifs is 1. The second-order valence-electron chi connectivity index (χ2n) is 7.58. The van der Waals surface area contributed by atoms with Crippen molar-refractivity contribution in [3.8, 4) is 22.1 Å². The summed E-state index contributed by atoms with van der Waals surface area (Å²) in [4.78, 5) is 21.9. The van der Waals surface area contributed by atoms with Crippen molar-refractivity contribution in [1.82, 2.24) is 15.0 Å². The molecule has 0 fully saturated rings. The predicted molar refractivity (Wildman–Crippen MR) is 125 cm³/mol. The number of nitrogens with zero attached hydrogens (tertiary/aromatic N) is 3. The van der Waals surface area contributed by atoms with Crippen LogP contribution in [0.25, 0.3) is 21.7 Å². The second-order valence-corrected chi connectivity index (χ2v) is 8.87. The van der Waals surface area contributed by atoms with Crippen LogP contribution in [0.4, 0.5) is 0 Å². The summed E-state index contributed by atoms with van der Waals surface area (Å²) in [6.45, 7) is 4.40. The summed E-state index contributed by atoms with van der Waals surface area (Å²) in [6, 6.07) is 11.7. The highest BCUT2D eigenvalue weighted by Gasteiger charge is 2.22. The lowest BCUT2D eigenvalue weighted by atomic mass is 10.1. The number of thiophene rings is 1. The lowest BCUT2D eigenvalue weighted by molar-refractivity contribution is 0.0798. The molecule has 7 nitrogen and oxygen atoms in total. The number of aromatic nitrogens is 2. The van der Waals surface area contributed by atoms with E-state index in [1.54, 1.807) is 37.5 Å². The lowest BCUT2D eigenvalue weighted by Crippen LogP contribution is -2.29. The molecule has 0 unspecified atom stereocenters. The van der Waals surface area contributed by atoms with Crippen LogP contribution in [0.2, 0.25) is 0 Å². The Morgan fingerprint density at radius 2 is 1.88 bits per heavy atom. The van der Waals surface area contributed by atoms with Gasteiger partial charge in [0.15, 0.2) is 11.5 Å². The van der Waals surface area contributed by atoms with Gasteiger partial charge >= 0.3 is 0 Å². The number of methoxy groups -OCH3 is 2. The molecule has 1 amide bonds. The van der Waals surface area contributed by atoms with Gasteiger partial charge in [-0.25, -0.2) is 4.98 Å². The third kappa shape index (κ3) is 4.18. The Morgan fingerprint density at radius 3 is 2.56 bits per heavy atom. The molecule has 4 aromatic rings. The van der Waals surface area contributed by atoms with Crippen LogP contribution in [0.5, 0.6) is 11.5 Å². The van der Waals surface area contributed by atoms with Crippen LogP contribution in [0.15, 0.2) is 40.9 Å². The molecule has 1 aromatic carbocycles. The van der Waals surface area contributed by atoms with E-state index in [-0.39, 0.29) is 5.91 Å². The minimum Gasteiger partial charge on any atom is -0.493 e. The van der Waals surface area contributed by atoms with Gasteiger partial charge in [-0.3, -0.25) is 4.79 Å². The highest BCUT2D eigenvalue weighted by Crippen LogP contribution is 2.32. The van der Waals surface area contributed by atoms with Crippen LogP contribution in [0, 0.1) is 13.8 Å². The maximum absolute atomic E-state index is 13.4. The van der Waals surface area contributed by atoms with Gasteiger partial charge in [-0.05, 0) is 56.2 Å². The van der Waals surface area contributed by atoms with E-state index in [9.17, 15) is 4.79 Å². The lowest BCUT2D eigenvalue weighted by Gasteiger charge is -2.18.